The summed E-state index contributed by atoms with van der Waals surface area (Å²) in [6.45, 7) is 6.49. The number of benzene rings is 1. The number of methoxy groups -OCH3 is 1. The molecule has 0 bridgehead atoms. The Hall–Kier alpha value is -2.05. The lowest BCUT2D eigenvalue weighted by molar-refractivity contribution is -0.123. The molecule has 2 heterocycles. The molecule has 140 valence electrons. The predicted molar refractivity (Wildman–Crippen MR) is 102 cm³/mol. The second kappa shape index (κ2) is 7.68. The minimum atomic E-state index is -0.241. The van der Waals surface area contributed by atoms with Gasteiger partial charge in [-0.15, -0.1) is 11.3 Å². The quantitative estimate of drug-likeness (QED) is 0.803. The second-order valence-electron chi connectivity index (χ2n) is 7.05. The first kappa shape index (κ1) is 18.7. The van der Waals surface area contributed by atoms with Crippen molar-refractivity contribution in [1.29, 1.82) is 0 Å². The van der Waals surface area contributed by atoms with Crippen LogP contribution in [0.2, 0.25) is 0 Å². The zero-order chi connectivity index (χ0) is 18.7. The van der Waals surface area contributed by atoms with Gasteiger partial charge in [-0.25, -0.2) is 0 Å². The first-order valence-electron chi connectivity index (χ1n) is 8.67. The lowest BCUT2D eigenvalue weighted by Gasteiger charge is -2.18. The van der Waals surface area contributed by atoms with Crippen LogP contribution in [0.1, 0.15) is 35.3 Å². The molecule has 1 aromatic carbocycles. The van der Waals surface area contributed by atoms with E-state index in [1.807, 2.05) is 38.1 Å². The van der Waals surface area contributed by atoms with E-state index >= 15 is 0 Å². The van der Waals surface area contributed by atoms with Crippen LogP contribution < -0.4 is 14.8 Å². The molecule has 0 fully saturated rings. The molecule has 2 aromatic rings. The molecular weight excluding hydrogens is 350 g/mol. The fourth-order valence-electron chi connectivity index (χ4n) is 3.03. The molecule has 0 saturated heterocycles. The number of fused-ring (bicyclic) bond motifs is 1. The van der Waals surface area contributed by atoms with Gasteiger partial charge in [-0.1, -0.05) is 12.1 Å². The first-order chi connectivity index (χ1) is 12.4. The van der Waals surface area contributed by atoms with Crippen LogP contribution in [0.15, 0.2) is 30.3 Å². The van der Waals surface area contributed by atoms with Crippen molar-refractivity contribution in [3.63, 3.8) is 0 Å². The van der Waals surface area contributed by atoms with E-state index in [9.17, 15) is 4.79 Å². The zero-order valence-electron chi connectivity index (χ0n) is 15.6. The lowest BCUT2D eigenvalue weighted by atomic mass is 10.0. The highest BCUT2D eigenvalue weighted by molar-refractivity contribution is 7.12. The van der Waals surface area contributed by atoms with Crippen molar-refractivity contribution in [1.82, 2.24) is 5.32 Å². The Bertz CT molecular complexity index is 784. The van der Waals surface area contributed by atoms with E-state index in [4.69, 9.17) is 14.2 Å². The third kappa shape index (κ3) is 4.37. The number of carbonyl (C=O) groups is 1. The van der Waals surface area contributed by atoms with Gasteiger partial charge in [0, 0.05) is 35.4 Å². The molecule has 6 heteroatoms. The number of rotatable bonds is 7. The van der Waals surface area contributed by atoms with Crippen LogP contribution in [0.5, 0.6) is 11.5 Å². The normalized spacial score (nSPS) is 15.8. The Balaban J connectivity index is 1.53. The average molecular weight is 375 g/mol. The molecule has 1 N–H and O–H groups in total. The fourth-order valence-corrected chi connectivity index (χ4v) is 3.98. The van der Waals surface area contributed by atoms with Gasteiger partial charge in [0.05, 0.1) is 0 Å². The molecule has 1 atom stereocenters. The van der Waals surface area contributed by atoms with Gasteiger partial charge in [-0.2, -0.15) is 0 Å². The molecule has 1 amide bonds. The molecule has 0 saturated carbocycles. The Labute approximate surface area is 158 Å². The van der Waals surface area contributed by atoms with Crippen LogP contribution in [0.25, 0.3) is 0 Å². The largest absolute Gasteiger partial charge is 0.483 e. The van der Waals surface area contributed by atoms with Gasteiger partial charge in [-0.05, 0) is 39.0 Å². The van der Waals surface area contributed by atoms with Crippen LogP contribution >= 0.6 is 11.3 Å². The maximum atomic E-state index is 12.2. The van der Waals surface area contributed by atoms with Crippen LogP contribution in [0.3, 0.4) is 0 Å². The number of amides is 1. The third-order valence-electron chi connectivity index (χ3n) is 4.26. The Morgan fingerprint density at radius 2 is 2.15 bits per heavy atom. The van der Waals surface area contributed by atoms with Gasteiger partial charge in [0.25, 0.3) is 5.91 Å². The second-order valence-corrected chi connectivity index (χ2v) is 8.37. The minimum absolute atomic E-state index is 0.0554. The van der Waals surface area contributed by atoms with E-state index in [-0.39, 0.29) is 24.2 Å². The smallest absolute Gasteiger partial charge is 0.258 e. The van der Waals surface area contributed by atoms with Crippen LogP contribution in [0.4, 0.5) is 0 Å². The third-order valence-corrected chi connectivity index (χ3v) is 5.35. The monoisotopic (exact) mass is 375 g/mol. The lowest BCUT2D eigenvalue weighted by Crippen LogP contribution is -2.32. The first-order valence-corrected chi connectivity index (χ1v) is 9.49. The number of thiophene rings is 1. The maximum Gasteiger partial charge on any atom is 0.258 e. The summed E-state index contributed by atoms with van der Waals surface area (Å²) >= 11 is 1.67. The summed E-state index contributed by atoms with van der Waals surface area (Å²) in [4.78, 5) is 14.5. The molecule has 26 heavy (non-hydrogen) atoms. The van der Waals surface area contributed by atoms with Crippen molar-refractivity contribution in [2.75, 3.05) is 20.3 Å². The van der Waals surface area contributed by atoms with E-state index in [2.05, 4.69) is 18.3 Å². The minimum Gasteiger partial charge on any atom is -0.483 e. The Morgan fingerprint density at radius 3 is 2.85 bits per heavy atom. The van der Waals surface area contributed by atoms with Gasteiger partial charge in [0.2, 0.25) is 0 Å². The van der Waals surface area contributed by atoms with E-state index in [1.54, 1.807) is 18.4 Å². The van der Waals surface area contributed by atoms with Gasteiger partial charge in [0.1, 0.15) is 11.7 Å². The summed E-state index contributed by atoms with van der Waals surface area (Å²) in [5.41, 5.74) is 0.870. The fraction of sp³-hybridized carbons (Fsp3) is 0.450. The van der Waals surface area contributed by atoms with E-state index in [0.29, 0.717) is 12.3 Å². The highest BCUT2D eigenvalue weighted by atomic mass is 32.1. The van der Waals surface area contributed by atoms with Gasteiger partial charge in [0.15, 0.2) is 18.1 Å². The summed E-state index contributed by atoms with van der Waals surface area (Å²) in [6.07, 6.45) is 0.685. The van der Waals surface area contributed by atoms with Crippen molar-refractivity contribution >= 4 is 17.2 Å². The van der Waals surface area contributed by atoms with Crippen molar-refractivity contribution < 1.29 is 19.0 Å². The molecule has 5 nitrogen and oxygen atoms in total. The van der Waals surface area contributed by atoms with E-state index in [0.717, 1.165) is 22.6 Å². The van der Waals surface area contributed by atoms with Gasteiger partial charge < -0.3 is 19.5 Å². The molecule has 0 aliphatic carbocycles. The van der Waals surface area contributed by atoms with Crippen LogP contribution in [-0.4, -0.2) is 31.8 Å². The Kier molecular flexibility index (Phi) is 5.53. The molecule has 1 aromatic heterocycles. The van der Waals surface area contributed by atoms with Crippen molar-refractivity contribution in [3.8, 4) is 11.5 Å². The molecule has 1 aliphatic heterocycles. The molecule has 0 radical (unpaired) electrons. The maximum absolute atomic E-state index is 12.2. The Morgan fingerprint density at radius 1 is 1.35 bits per heavy atom. The summed E-state index contributed by atoms with van der Waals surface area (Å²) < 4.78 is 17.1. The van der Waals surface area contributed by atoms with Crippen LogP contribution in [0, 0.1) is 6.92 Å². The van der Waals surface area contributed by atoms with Gasteiger partial charge >= 0.3 is 0 Å². The standard InChI is InChI=1S/C20H25NO4S/c1-13-8-9-17(26-13)16(23-4)11-21-18(22)12-24-15-7-5-6-14-10-20(2,3)25-19(14)15/h5-9,16H,10-12H2,1-4H3,(H,21,22). The topological polar surface area (TPSA) is 56.8 Å². The van der Waals surface area contributed by atoms with E-state index < -0.39 is 0 Å². The predicted octanol–water partition coefficient (Wildman–Crippen LogP) is 3.65. The number of nitrogens with one attached hydrogen (secondary N) is 1. The number of ether oxygens (including phenoxy) is 3. The van der Waals surface area contributed by atoms with E-state index in [1.165, 1.54) is 4.88 Å². The molecular formula is C20H25NO4S. The number of hydrogen-bond acceptors (Lipinski definition) is 5. The van der Waals surface area contributed by atoms with Crippen molar-refractivity contribution in [3.05, 3.63) is 45.6 Å². The number of aryl methyl sites for hydroxylation is 1. The molecule has 1 unspecified atom stereocenters. The SMILES string of the molecule is COC(CNC(=O)COc1cccc2c1OC(C)(C)C2)c1ccc(C)s1. The molecule has 1 aliphatic rings. The number of para-hydroxylation sites is 1. The highest BCUT2D eigenvalue weighted by Gasteiger charge is 2.32. The summed E-state index contributed by atoms with van der Waals surface area (Å²) in [5, 5.41) is 2.87. The zero-order valence-corrected chi connectivity index (χ0v) is 16.4. The summed E-state index contributed by atoms with van der Waals surface area (Å²) in [5.74, 6) is 1.17. The van der Waals surface area contributed by atoms with Crippen LogP contribution in [-0.2, 0) is 16.0 Å². The number of hydrogen-bond donors (Lipinski definition) is 1. The summed E-state index contributed by atoms with van der Waals surface area (Å²) in [6, 6.07) is 9.87. The summed E-state index contributed by atoms with van der Waals surface area (Å²) in [7, 11) is 1.65. The number of carbonyl (C=O) groups excluding carboxylic acids is 1. The molecule has 3 rings (SSSR count). The molecule has 0 spiro atoms. The highest BCUT2D eigenvalue weighted by Crippen LogP contribution is 2.41. The average Bonchev–Trinajstić information content (AvgIpc) is 3.15. The van der Waals surface area contributed by atoms with Gasteiger partial charge in [-0.3, -0.25) is 4.79 Å². The van der Waals surface area contributed by atoms with Crippen molar-refractivity contribution in [2.45, 2.75) is 38.9 Å². The van der Waals surface area contributed by atoms with Crippen molar-refractivity contribution in [2.24, 2.45) is 0 Å².